The Hall–Kier alpha value is -1.19. The number of benzene rings is 1. The molecule has 0 saturated carbocycles. The molecule has 1 aliphatic rings. The highest BCUT2D eigenvalue weighted by atomic mass is 16.1. The molecule has 1 saturated heterocycles. The Balaban J connectivity index is 1.80. The fourth-order valence-electron chi connectivity index (χ4n) is 2.54. The zero-order chi connectivity index (χ0) is 13.7. The molecule has 1 fully saturated rings. The lowest BCUT2D eigenvalue weighted by Gasteiger charge is -2.29. The molecule has 0 radical (unpaired) electrons. The van der Waals surface area contributed by atoms with Crippen LogP contribution in [0.4, 0.5) is 0 Å². The number of ketones is 1. The molecular weight excluding hydrogens is 236 g/mol. The molecule has 3 heteroatoms. The smallest absolute Gasteiger partial charge is 0.151 e. The van der Waals surface area contributed by atoms with Crippen LogP contribution in [0, 0.1) is 0 Å². The molecule has 1 aliphatic heterocycles. The molecule has 2 N–H and O–H groups in total. The molecule has 1 aromatic rings. The van der Waals surface area contributed by atoms with E-state index in [0.29, 0.717) is 24.8 Å². The first-order chi connectivity index (χ1) is 9.17. The average Bonchev–Trinajstić information content (AvgIpc) is 2.42. The maximum absolute atomic E-state index is 12.0. The fraction of sp³-hybridized carbons (Fsp3) is 0.562. The number of rotatable bonds is 5. The van der Waals surface area contributed by atoms with Crippen molar-refractivity contribution in [2.24, 2.45) is 5.73 Å². The van der Waals surface area contributed by atoms with Gasteiger partial charge in [-0.2, -0.15) is 0 Å². The SMILES string of the molecule is CCc1ccc(CC(=O)CN2CCC(N)CC2)cc1. The van der Waals surface area contributed by atoms with Crippen molar-refractivity contribution in [3.63, 3.8) is 0 Å². The number of carbonyl (C=O) groups excluding carboxylic acids is 1. The average molecular weight is 260 g/mol. The summed E-state index contributed by atoms with van der Waals surface area (Å²) < 4.78 is 0. The molecule has 0 amide bonds. The second-order valence-corrected chi connectivity index (χ2v) is 5.50. The van der Waals surface area contributed by atoms with E-state index in [1.807, 2.05) is 0 Å². The van der Waals surface area contributed by atoms with Gasteiger partial charge in [0.2, 0.25) is 0 Å². The Morgan fingerprint density at radius 1 is 1.21 bits per heavy atom. The minimum atomic E-state index is 0.305. The van der Waals surface area contributed by atoms with Gasteiger partial charge in [0.1, 0.15) is 0 Å². The molecule has 0 aliphatic carbocycles. The second kappa shape index (κ2) is 6.83. The predicted octanol–water partition coefficient (Wildman–Crippen LogP) is 1.78. The molecule has 19 heavy (non-hydrogen) atoms. The van der Waals surface area contributed by atoms with Crippen LogP contribution in [0.25, 0.3) is 0 Å². The highest BCUT2D eigenvalue weighted by Gasteiger charge is 2.18. The lowest BCUT2D eigenvalue weighted by molar-refractivity contribution is -0.119. The van der Waals surface area contributed by atoms with Crippen molar-refractivity contribution < 1.29 is 4.79 Å². The van der Waals surface area contributed by atoms with Gasteiger partial charge in [0, 0.05) is 25.6 Å². The van der Waals surface area contributed by atoms with E-state index >= 15 is 0 Å². The molecule has 0 unspecified atom stereocenters. The number of likely N-dealkylation sites (tertiary alicyclic amines) is 1. The molecular formula is C16H24N2O. The molecule has 3 nitrogen and oxygen atoms in total. The van der Waals surface area contributed by atoms with Crippen LogP contribution in [0.2, 0.25) is 0 Å². The molecule has 0 spiro atoms. The highest BCUT2D eigenvalue weighted by molar-refractivity contribution is 5.82. The van der Waals surface area contributed by atoms with Gasteiger partial charge in [0.25, 0.3) is 0 Å². The van der Waals surface area contributed by atoms with Gasteiger partial charge in [-0.05, 0) is 30.4 Å². The largest absolute Gasteiger partial charge is 0.328 e. The molecule has 0 atom stereocenters. The third-order valence-electron chi connectivity index (χ3n) is 3.86. The van der Waals surface area contributed by atoms with Gasteiger partial charge in [0.15, 0.2) is 5.78 Å². The van der Waals surface area contributed by atoms with Gasteiger partial charge in [-0.15, -0.1) is 0 Å². The van der Waals surface area contributed by atoms with Gasteiger partial charge in [-0.25, -0.2) is 0 Å². The van der Waals surface area contributed by atoms with Crippen LogP contribution in [0.5, 0.6) is 0 Å². The summed E-state index contributed by atoms with van der Waals surface area (Å²) in [4.78, 5) is 14.3. The minimum absolute atomic E-state index is 0.305. The lowest BCUT2D eigenvalue weighted by Crippen LogP contribution is -2.42. The first kappa shape index (κ1) is 14.2. The third kappa shape index (κ3) is 4.44. The summed E-state index contributed by atoms with van der Waals surface area (Å²) >= 11 is 0. The summed E-state index contributed by atoms with van der Waals surface area (Å²) in [5.74, 6) is 0.305. The van der Waals surface area contributed by atoms with Gasteiger partial charge in [-0.3, -0.25) is 9.69 Å². The van der Waals surface area contributed by atoms with Gasteiger partial charge < -0.3 is 5.73 Å². The van der Waals surface area contributed by atoms with E-state index < -0.39 is 0 Å². The Morgan fingerprint density at radius 2 is 1.79 bits per heavy atom. The summed E-state index contributed by atoms with van der Waals surface area (Å²) in [6.07, 6.45) is 3.62. The number of carbonyl (C=O) groups is 1. The monoisotopic (exact) mass is 260 g/mol. The molecule has 1 aromatic carbocycles. The van der Waals surface area contributed by atoms with E-state index in [0.717, 1.165) is 37.9 Å². The minimum Gasteiger partial charge on any atom is -0.328 e. The van der Waals surface area contributed by atoms with Crippen LogP contribution in [0.1, 0.15) is 30.9 Å². The van der Waals surface area contributed by atoms with Crippen molar-refractivity contribution in [1.82, 2.24) is 4.90 Å². The summed E-state index contributed by atoms with van der Waals surface area (Å²) in [6, 6.07) is 8.70. The zero-order valence-corrected chi connectivity index (χ0v) is 11.8. The number of aryl methyl sites for hydroxylation is 1. The Kier molecular flexibility index (Phi) is 5.11. The van der Waals surface area contributed by atoms with Crippen LogP contribution in [-0.2, 0) is 17.6 Å². The van der Waals surface area contributed by atoms with Crippen LogP contribution in [-0.4, -0.2) is 36.4 Å². The van der Waals surface area contributed by atoms with Crippen LogP contribution < -0.4 is 5.73 Å². The number of nitrogens with zero attached hydrogens (tertiary/aromatic N) is 1. The number of Topliss-reactive ketones (excluding diaryl/α,β-unsaturated/α-hetero) is 1. The van der Waals surface area contributed by atoms with E-state index in [1.54, 1.807) is 0 Å². The fourth-order valence-corrected chi connectivity index (χ4v) is 2.54. The van der Waals surface area contributed by atoms with Crippen LogP contribution >= 0.6 is 0 Å². The maximum atomic E-state index is 12.0. The third-order valence-corrected chi connectivity index (χ3v) is 3.86. The van der Waals surface area contributed by atoms with Gasteiger partial charge >= 0.3 is 0 Å². The zero-order valence-electron chi connectivity index (χ0n) is 11.8. The normalized spacial score (nSPS) is 17.6. The molecule has 2 rings (SSSR count). The van der Waals surface area contributed by atoms with Crippen LogP contribution in [0.15, 0.2) is 24.3 Å². The lowest BCUT2D eigenvalue weighted by atomic mass is 10.0. The predicted molar refractivity (Wildman–Crippen MR) is 78.2 cm³/mol. The van der Waals surface area contributed by atoms with E-state index in [-0.39, 0.29) is 0 Å². The van der Waals surface area contributed by atoms with Crippen molar-refractivity contribution in [2.75, 3.05) is 19.6 Å². The number of piperidine rings is 1. The Bertz CT molecular complexity index is 405. The second-order valence-electron chi connectivity index (χ2n) is 5.50. The van der Waals surface area contributed by atoms with Crippen molar-refractivity contribution in [2.45, 2.75) is 38.6 Å². The Morgan fingerprint density at radius 3 is 2.37 bits per heavy atom. The van der Waals surface area contributed by atoms with Crippen molar-refractivity contribution in [1.29, 1.82) is 0 Å². The Labute approximate surface area is 115 Å². The topological polar surface area (TPSA) is 46.3 Å². The van der Waals surface area contributed by atoms with Gasteiger partial charge in [0.05, 0.1) is 6.54 Å². The molecule has 104 valence electrons. The number of hydrogen-bond donors (Lipinski definition) is 1. The number of nitrogens with two attached hydrogens (primary N) is 1. The van der Waals surface area contributed by atoms with E-state index in [4.69, 9.17) is 5.73 Å². The number of hydrogen-bond acceptors (Lipinski definition) is 3. The summed E-state index contributed by atoms with van der Waals surface area (Å²) in [6.45, 7) is 4.63. The van der Waals surface area contributed by atoms with Crippen LogP contribution in [0.3, 0.4) is 0 Å². The van der Waals surface area contributed by atoms with Crippen molar-refractivity contribution in [3.8, 4) is 0 Å². The van der Waals surface area contributed by atoms with Crippen molar-refractivity contribution >= 4 is 5.78 Å². The standard InChI is InChI=1S/C16H24N2O/c1-2-13-3-5-14(6-4-13)11-16(19)12-18-9-7-15(17)8-10-18/h3-6,15H,2,7-12,17H2,1H3. The maximum Gasteiger partial charge on any atom is 0.151 e. The quantitative estimate of drug-likeness (QED) is 0.878. The summed E-state index contributed by atoms with van der Waals surface area (Å²) in [7, 11) is 0. The molecule has 1 heterocycles. The summed E-state index contributed by atoms with van der Waals surface area (Å²) in [5.41, 5.74) is 8.31. The first-order valence-electron chi connectivity index (χ1n) is 7.25. The van der Waals surface area contributed by atoms with E-state index in [2.05, 4.69) is 36.1 Å². The first-order valence-corrected chi connectivity index (χ1v) is 7.25. The summed E-state index contributed by atoms with van der Waals surface area (Å²) in [5, 5.41) is 0. The molecule has 0 aromatic heterocycles. The molecule has 0 bridgehead atoms. The van der Waals surface area contributed by atoms with Crippen molar-refractivity contribution in [3.05, 3.63) is 35.4 Å². The highest BCUT2D eigenvalue weighted by Crippen LogP contribution is 2.10. The van der Waals surface area contributed by atoms with E-state index in [1.165, 1.54) is 5.56 Å². The van der Waals surface area contributed by atoms with Gasteiger partial charge in [-0.1, -0.05) is 31.2 Å². The van der Waals surface area contributed by atoms with E-state index in [9.17, 15) is 4.79 Å².